The van der Waals surface area contributed by atoms with Gasteiger partial charge in [-0.3, -0.25) is 0 Å². The Kier molecular flexibility index (Phi) is 6.69. The van der Waals surface area contributed by atoms with Gasteiger partial charge >= 0.3 is 0 Å². The summed E-state index contributed by atoms with van der Waals surface area (Å²) in [7, 11) is -2.80. The first-order valence-electron chi connectivity index (χ1n) is 5.69. The largest absolute Gasteiger partial charge is 0.316 e. The molecule has 3 nitrogen and oxygen atoms in total. The molecule has 1 N–H and O–H groups in total. The van der Waals surface area contributed by atoms with Crippen molar-refractivity contribution in [2.75, 3.05) is 24.6 Å². The Labute approximate surface area is 116 Å². The van der Waals surface area contributed by atoms with Crippen molar-refractivity contribution in [3.05, 3.63) is 20.8 Å². The van der Waals surface area contributed by atoms with Crippen LogP contribution in [0.2, 0.25) is 0 Å². The van der Waals surface area contributed by atoms with E-state index in [-0.39, 0.29) is 5.75 Å². The molecule has 0 radical (unpaired) electrons. The predicted octanol–water partition coefficient (Wildman–Crippen LogP) is 2.47. The van der Waals surface area contributed by atoms with Gasteiger partial charge in [-0.15, -0.1) is 11.3 Å². The summed E-state index contributed by atoms with van der Waals surface area (Å²) in [5.74, 6) is 0.539. The molecule has 0 aliphatic carbocycles. The summed E-state index contributed by atoms with van der Waals surface area (Å²) in [4.78, 5) is 1.34. The van der Waals surface area contributed by atoms with Crippen molar-refractivity contribution in [1.29, 1.82) is 0 Å². The van der Waals surface area contributed by atoms with Gasteiger partial charge in [0.05, 0.1) is 9.54 Å². The van der Waals surface area contributed by atoms with E-state index in [1.165, 1.54) is 4.88 Å². The first-order chi connectivity index (χ1) is 8.03. The fourth-order valence-electron chi connectivity index (χ4n) is 1.38. The number of rotatable bonds is 8. The molecule has 1 aromatic heterocycles. The molecule has 0 atom stereocenters. The molecule has 1 aromatic rings. The van der Waals surface area contributed by atoms with Crippen molar-refractivity contribution in [3.63, 3.8) is 0 Å². The maximum Gasteiger partial charge on any atom is 0.150 e. The van der Waals surface area contributed by atoms with E-state index in [2.05, 4.69) is 27.3 Å². The summed E-state index contributed by atoms with van der Waals surface area (Å²) < 4.78 is 23.6. The lowest BCUT2D eigenvalue weighted by Gasteiger charge is -2.03. The summed E-state index contributed by atoms with van der Waals surface area (Å²) in [6.07, 6.45) is 1.70. The average molecular weight is 340 g/mol. The zero-order valence-corrected chi connectivity index (χ0v) is 13.1. The normalized spacial score (nSPS) is 11.9. The highest BCUT2D eigenvalue weighted by Crippen LogP contribution is 2.21. The molecule has 98 valence electrons. The molecule has 0 unspecified atom stereocenters. The molecule has 0 fully saturated rings. The molecule has 0 saturated heterocycles. The molecule has 17 heavy (non-hydrogen) atoms. The van der Waals surface area contributed by atoms with Gasteiger partial charge in [0.1, 0.15) is 9.84 Å². The minimum atomic E-state index is -2.80. The van der Waals surface area contributed by atoms with Crippen LogP contribution < -0.4 is 5.32 Å². The predicted molar refractivity (Wildman–Crippen MR) is 77.5 cm³/mol. The van der Waals surface area contributed by atoms with Crippen molar-refractivity contribution in [2.45, 2.75) is 19.8 Å². The van der Waals surface area contributed by atoms with Crippen LogP contribution in [0.5, 0.6) is 0 Å². The smallest absolute Gasteiger partial charge is 0.150 e. The molecule has 1 rings (SSSR count). The SMILES string of the molecule is CCS(=O)(=O)CCCNCCc1ccc(Br)s1. The van der Waals surface area contributed by atoms with Crippen LogP contribution in [0.1, 0.15) is 18.2 Å². The molecule has 0 aliphatic rings. The molecule has 0 amide bonds. The quantitative estimate of drug-likeness (QED) is 0.740. The third-order valence-electron chi connectivity index (χ3n) is 2.43. The minimum Gasteiger partial charge on any atom is -0.316 e. The van der Waals surface area contributed by atoms with E-state index in [9.17, 15) is 8.42 Å². The van der Waals surface area contributed by atoms with Gasteiger partial charge in [0.15, 0.2) is 0 Å². The standard InChI is InChI=1S/C11H18BrNO2S2/c1-2-17(14,15)9-3-7-13-8-6-10-4-5-11(12)16-10/h4-5,13H,2-3,6-9H2,1H3. The number of hydrogen-bond acceptors (Lipinski definition) is 4. The first kappa shape index (κ1) is 15.1. The van der Waals surface area contributed by atoms with E-state index in [0.29, 0.717) is 12.2 Å². The van der Waals surface area contributed by atoms with E-state index in [1.807, 2.05) is 6.07 Å². The molecule has 0 spiro atoms. The maximum atomic E-state index is 11.2. The molecule has 0 aliphatic heterocycles. The van der Waals surface area contributed by atoms with Gasteiger partial charge in [0.25, 0.3) is 0 Å². The molecular formula is C11H18BrNO2S2. The van der Waals surface area contributed by atoms with E-state index in [0.717, 1.165) is 23.3 Å². The summed E-state index contributed by atoms with van der Waals surface area (Å²) in [5.41, 5.74) is 0. The van der Waals surface area contributed by atoms with Crippen LogP contribution in [0.4, 0.5) is 0 Å². The fourth-order valence-corrected chi connectivity index (χ4v) is 3.74. The van der Waals surface area contributed by atoms with Gasteiger partial charge in [0, 0.05) is 10.6 Å². The molecule has 1 heterocycles. The molecule has 6 heteroatoms. The Hall–Kier alpha value is 0.0900. The van der Waals surface area contributed by atoms with Crippen LogP contribution in [-0.4, -0.2) is 33.0 Å². The van der Waals surface area contributed by atoms with Crippen LogP contribution in [-0.2, 0) is 16.3 Å². The van der Waals surface area contributed by atoms with Gasteiger partial charge in [-0.1, -0.05) is 6.92 Å². The van der Waals surface area contributed by atoms with E-state index >= 15 is 0 Å². The topological polar surface area (TPSA) is 46.2 Å². The lowest BCUT2D eigenvalue weighted by Crippen LogP contribution is -2.21. The Morgan fingerprint density at radius 1 is 1.35 bits per heavy atom. The van der Waals surface area contributed by atoms with Crippen LogP contribution in [0, 0.1) is 0 Å². The summed E-state index contributed by atoms with van der Waals surface area (Å²) in [5, 5.41) is 3.27. The monoisotopic (exact) mass is 339 g/mol. The van der Waals surface area contributed by atoms with Crippen LogP contribution in [0.15, 0.2) is 15.9 Å². The Morgan fingerprint density at radius 2 is 2.12 bits per heavy atom. The van der Waals surface area contributed by atoms with Crippen molar-refractivity contribution in [1.82, 2.24) is 5.32 Å². The third-order valence-corrected chi connectivity index (χ3v) is 5.90. The maximum absolute atomic E-state index is 11.2. The van der Waals surface area contributed by atoms with Crippen molar-refractivity contribution < 1.29 is 8.42 Å². The Morgan fingerprint density at radius 3 is 2.71 bits per heavy atom. The highest BCUT2D eigenvalue weighted by Gasteiger charge is 2.05. The molecule has 0 aromatic carbocycles. The second-order valence-corrected chi connectivity index (χ2v) is 8.82. The summed E-state index contributed by atoms with van der Waals surface area (Å²) >= 11 is 5.17. The van der Waals surface area contributed by atoms with E-state index in [4.69, 9.17) is 0 Å². The minimum absolute atomic E-state index is 0.246. The Balaban J connectivity index is 2.05. The zero-order chi connectivity index (χ0) is 12.7. The van der Waals surface area contributed by atoms with Gasteiger partial charge in [-0.25, -0.2) is 8.42 Å². The second-order valence-electron chi connectivity index (χ2n) is 3.80. The number of sulfone groups is 1. The first-order valence-corrected chi connectivity index (χ1v) is 9.12. The molecular weight excluding hydrogens is 322 g/mol. The molecule has 0 bridgehead atoms. The average Bonchev–Trinajstić information content (AvgIpc) is 2.69. The summed E-state index contributed by atoms with van der Waals surface area (Å²) in [6, 6.07) is 4.16. The van der Waals surface area contributed by atoms with Crippen molar-refractivity contribution >= 4 is 37.1 Å². The zero-order valence-electron chi connectivity index (χ0n) is 9.91. The fraction of sp³-hybridized carbons (Fsp3) is 0.636. The van der Waals surface area contributed by atoms with Crippen LogP contribution in [0.25, 0.3) is 0 Å². The number of nitrogens with one attached hydrogen (secondary N) is 1. The van der Waals surface area contributed by atoms with Gasteiger partial charge in [-0.2, -0.15) is 0 Å². The number of thiophene rings is 1. The van der Waals surface area contributed by atoms with Gasteiger partial charge in [0.2, 0.25) is 0 Å². The highest BCUT2D eigenvalue weighted by molar-refractivity contribution is 9.11. The van der Waals surface area contributed by atoms with Crippen molar-refractivity contribution in [3.8, 4) is 0 Å². The summed E-state index contributed by atoms with van der Waals surface area (Å²) in [6.45, 7) is 3.36. The van der Waals surface area contributed by atoms with Crippen LogP contribution >= 0.6 is 27.3 Å². The number of hydrogen-bond donors (Lipinski definition) is 1. The van der Waals surface area contributed by atoms with Crippen LogP contribution in [0.3, 0.4) is 0 Å². The van der Waals surface area contributed by atoms with E-state index in [1.54, 1.807) is 18.3 Å². The van der Waals surface area contributed by atoms with Gasteiger partial charge in [-0.05, 0) is 54.0 Å². The van der Waals surface area contributed by atoms with Crippen molar-refractivity contribution in [2.24, 2.45) is 0 Å². The Bertz CT molecular complexity index is 428. The van der Waals surface area contributed by atoms with Gasteiger partial charge < -0.3 is 5.32 Å². The lowest BCUT2D eigenvalue weighted by molar-refractivity contribution is 0.590. The highest BCUT2D eigenvalue weighted by atomic mass is 79.9. The second kappa shape index (κ2) is 7.51. The molecule has 0 saturated carbocycles. The van der Waals surface area contributed by atoms with E-state index < -0.39 is 9.84 Å². The lowest BCUT2D eigenvalue weighted by atomic mass is 10.3. The number of halogens is 1. The third kappa shape index (κ3) is 6.55.